The Balaban J connectivity index is 3.06. The Morgan fingerprint density at radius 2 is 1.94 bits per heavy atom. The number of hydrogen-bond acceptors (Lipinski definition) is 2. The highest BCUT2D eigenvalue weighted by Gasteiger charge is 2.26. The molecule has 1 aromatic carbocycles. The molecule has 0 spiro atoms. The van der Waals surface area contributed by atoms with Crippen LogP contribution in [0.4, 0.5) is 8.78 Å². The first-order valence-corrected chi connectivity index (χ1v) is 5.21. The van der Waals surface area contributed by atoms with Crippen LogP contribution in [-0.4, -0.2) is 17.3 Å². The number of benzene rings is 1. The largest absolute Gasteiger partial charge is 0.396 e. The fraction of sp³-hybridized carbons (Fsp3) is 0.500. The number of nitrogens with two attached hydrogens (primary N) is 1. The molecule has 0 saturated heterocycles. The van der Waals surface area contributed by atoms with Crippen molar-refractivity contribution in [3.05, 3.63) is 35.4 Å². The summed E-state index contributed by atoms with van der Waals surface area (Å²) in [6, 6.07) is 3.73. The van der Waals surface area contributed by atoms with Crippen LogP contribution >= 0.6 is 0 Å². The number of aliphatic hydroxyl groups excluding tert-OH is 1. The van der Waals surface area contributed by atoms with Gasteiger partial charge in [0.05, 0.1) is 0 Å². The van der Waals surface area contributed by atoms with Gasteiger partial charge in [-0.05, 0) is 38.0 Å². The van der Waals surface area contributed by atoms with Crippen molar-refractivity contribution in [2.24, 2.45) is 5.73 Å². The Hall–Kier alpha value is -1.00. The molecule has 2 nitrogen and oxygen atoms in total. The van der Waals surface area contributed by atoms with E-state index in [1.165, 1.54) is 6.07 Å². The van der Waals surface area contributed by atoms with E-state index in [9.17, 15) is 8.78 Å². The van der Waals surface area contributed by atoms with Gasteiger partial charge in [0, 0.05) is 18.1 Å². The van der Waals surface area contributed by atoms with Gasteiger partial charge in [0.1, 0.15) is 0 Å². The van der Waals surface area contributed by atoms with E-state index in [2.05, 4.69) is 0 Å². The van der Waals surface area contributed by atoms with Crippen LogP contribution in [0.5, 0.6) is 0 Å². The SMILES string of the molecule is CC(C)(N)C(CCO)c1ccc(F)c(F)c1. The topological polar surface area (TPSA) is 46.2 Å². The molecule has 0 radical (unpaired) electrons. The van der Waals surface area contributed by atoms with Crippen molar-refractivity contribution in [3.63, 3.8) is 0 Å². The molecule has 16 heavy (non-hydrogen) atoms. The minimum absolute atomic E-state index is 0.0374. The van der Waals surface area contributed by atoms with Crippen molar-refractivity contribution >= 4 is 0 Å². The Morgan fingerprint density at radius 1 is 1.31 bits per heavy atom. The van der Waals surface area contributed by atoms with Crippen LogP contribution in [0.15, 0.2) is 18.2 Å². The van der Waals surface area contributed by atoms with Crippen LogP contribution in [0, 0.1) is 11.6 Å². The molecule has 0 fully saturated rings. The Labute approximate surface area is 94.1 Å². The lowest BCUT2D eigenvalue weighted by atomic mass is 9.80. The third kappa shape index (κ3) is 3.00. The lowest BCUT2D eigenvalue weighted by Gasteiger charge is -2.30. The molecule has 1 rings (SSSR count). The quantitative estimate of drug-likeness (QED) is 0.831. The second kappa shape index (κ2) is 4.89. The van der Waals surface area contributed by atoms with Gasteiger partial charge in [-0.15, -0.1) is 0 Å². The van der Waals surface area contributed by atoms with Gasteiger partial charge in [-0.1, -0.05) is 6.07 Å². The number of hydrogen-bond donors (Lipinski definition) is 2. The molecule has 1 atom stereocenters. The monoisotopic (exact) mass is 229 g/mol. The van der Waals surface area contributed by atoms with Gasteiger partial charge in [0.2, 0.25) is 0 Å². The predicted octanol–water partition coefficient (Wildman–Crippen LogP) is 2.17. The highest BCUT2D eigenvalue weighted by molar-refractivity contribution is 5.24. The molecule has 0 aliphatic rings. The summed E-state index contributed by atoms with van der Waals surface area (Å²) in [5, 5.41) is 8.96. The predicted molar refractivity (Wildman–Crippen MR) is 59.1 cm³/mol. The van der Waals surface area contributed by atoms with Gasteiger partial charge < -0.3 is 10.8 Å². The zero-order chi connectivity index (χ0) is 12.3. The molecule has 0 aliphatic heterocycles. The molecule has 90 valence electrons. The maximum absolute atomic E-state index is 13.1. The van der Waals surface area contributed by atoms with E-state index >= 15 is 0 Å². The number of rotatable bonds is 4. The van der Waals surface area contributed by atoms with Crippen LogP contribution in [0.1, 0.15) is 31.7 Å². The molecule has 0 heterocycles. The fourth-order valence-electron chi connectivity index (χ4n) is 1.83. The van der Waals surface area contributed by atoms with Crippen LogP contribution in [-0.2, 0) is 0 Å². The number of aliphatic hydroxyl groups is 1. The first kappa shape index (κ1) is 13.1. The summed E-state index contributed by atoms with van der Waals surface area (Å²) in [5.74, 6) is -1.96. The van der Waals surface area contributed by atoms with Crippen LogP contribution in [0.2, 0.25) is 0 Å². The molecule has 4 heteroatoms. The Kier molecular flexibility index (Phi) is 3.99. The molecule has 1 aromatic rings. The summed E-state index contributed by atoms with van der Waals surface area (Å²) in [6.07, 6.45) is 0.425. The van der Waals surface area contributed by atoms with E-state index in [0.717, 1.165) is 12.1 Å². The summed E-state index contributed by atoms with van der Waals surface area (Å²) in [7, 11) is 0. The van der Waals surface area contributed by atoms with Crippen molar-refractivity contribution in [2.45, 2.75) is 31.7 Å². The first-order chi connectivity index (χ1) is 7.36. The average Bonchev–Trinajstić information content (AvgIpc) is 2.17. The summed E-state index contributed by atoms with van der Waals surface area (Å²) < 4.78 is 25.9. The normalized spacial score (nSPS) is 13.9. The van der Waals surface area contributed by atoms with E-state index in [1.54, 1.807) is 13.8 Å². The minimum Gasteiger partial charge on any atom is -0.396 e. The second-order valence-electron chi connectivity index (χ2n) is 4.56. The van der Waals surface area contributed by atoms with Gasteiger partial charge in [0.25, 0.3) is 0 Å². The maximum Gasteiger partial charge on any atom is 0.159 e. The van der Waals surface area contributed by atoms with Crippen LogP contribution in [0.3, 0.4) is 0 Å². The Bertz CT molecular complexity index is 361. The molecule has 0 aromatic heterocycles. The zero-order valence-electron chi connectivity index (χ0n) is 9.50. The lowest BCUT2D eigenvalue weighted by Crippen LogP contribution is -2.39. The fourth-order valence-corrected chi connectivity index (χ4v) is 1.83. The molecular formula is C12H17F2NO. The highest BCUT2D eigenvalue weighted by Crippen LogP contribution is 2.30. The standard InChI is InChI=1S/C12H17F2NO/c1-12(2,15)9(5-6-16)8-3-4-10(13)11(14)7-8/h3-4,7,9,16H,5-6,15H2,1-2H3. The van der Waals surface area contributed by atoms with E-state index < -0.39 is 17.2 Å². The van der Waals surface area contributed by atoms with Crippen LogP contribution in [0.25, 0.3) is 0 Å². The van der Waals surface area contributed by atoms with Crippen molar-refractivity contribution in [1.29, 1.82) is 0 Å². The van der Waals surface area contributed by atoms with Gasteiger partial charge in [-0.25, -0.2) is 8.78 Å². The lowest BCUT2D eigenvalue weighted by molar-refractivity contribution is 0.250. The highest BCUT2D eigenvalue weighted by atomic mass is 19.2. The molecule has 0 bridgehead atoms. The molecular weight excluding hydrogens is 212 g/mol. The maximum atomic E-state index is 13.1. The van der Waals surface area contributed by atoms with Crippen molar-refractivity contribution in [2.75, 3.05) is 6.61 Å². The van der Waals surface area contributed by atoms with Crippen molar-refractivity contribution in [1.82, 2.24) is 0 Å². The van der Waals surface area contributed by atoms with E-state index in [1.807, 2.05) is 0 Å². The molecule has 3 N–H and O–H groups in total. The van der Waals surface area contributed by atoms with Crippen LogP contribution < -0.4 is 5.73 Å². The molecule has 0 aliphatic carbocycles. The third-order valence-electron chi connectivity index (χ3n) is 2.66. The molecule has 0 amide bonds. The third-order valence-corrected chi connectivity index (χ3v) is 2.66. The minimum atomic E-state index is -0.885. The summed E-state index contributed by atoms with van der Waals surface area (Å²) >= 11 is 0. The van der Waals surface area contributed by atoms with Crippen molar-refractivity contribution in [3.8, 4) is 0 Å². The zero-order valence-corrected chi connectivity index (χ0v) is 9.50. The summed E-state index contributed by atoms with van der Waals surface area (Å²) in [4.78, 5) is 0. The first-order valence-electron chi connectivity index (χ1n) is 5.21. The molecule has 0 saturated carbocycles. The average molecular weight is 229 g/mol. The molecule has 1 unspecified atom stereocenters. The second-order valence-corrected chi connectivity index (χ2v) is 4.56. The smallest absolute Gasteiger partial charge is 0.159 e. The van der Waals surface area contributed by atoms with E-state index in [4.69, 9.17) is 10.8 Å². The van der Waals surface area contributed by atoms with Gasteiger partial charge in [-0.3, -0.25) is 0 Å². The van der Waals surface area contributed by atoms with E-state index in [-0.39, 0.29) is 12.5 Å². The van der Waals surface area contributed by atoms with E-state index in [0.29, 0.717) is 12.0 Å². The van der Waals surface area contributed by atoms with Gasteiger partial charge in [-0.2, -0.15) is 0 Å². The Morgan fingerprint density at radius 3 is 2.38 bits per heavy atom. The van der Waals surface area contributed by atoms with Gasteiger partial charge in [0.15, 0.2) is 11.6 Å². The van der Waals surface area contributed by atoms with Gasteiger partial charge >= 0.3 is 0 Å². The number of halogens is 2. The van der Waals surface area contributed by atoms with Crippen molar-refractivity contribution < 1.29 is 13.9 Å². The summed E-state index contributed by atoms with van der Waals surface area (Å²) in [5.41, 5.74) is 5.98. The summed E-state index contributed by atoms with van der Waals surface area (Å²) in [6.45, 7) is 3.56.